The van der Waals surface area contributed by atoms with E-state index in [1.165, 1.54) is 11.1 Å². The standard InChI is InChI=1S/C19H23BrN2O2/c1-12-5-7-16(9-13(12)2)22-19(23)11-21-14(3)15-6-8-18(24-4)17(20)10-15/h5-10,14,21H,11H2,1-4H3,(H,22,23)/p+1/t14-/m1/s1. The van der Waals surface area contributed by atoms with Crippen molar-refractivity contribution in [3.63, 3.8) is 0 Å². The fourth-order valence-electron chi connectivity index (χ4n) is 2.42. The van der Waals surface area contributed by atoms with Crippen LogP contribution in [0.5, 0.6) is 5.75 Å². The molecule has 3 N–H and O–H groups in total. The molecule has 2 rings (SSSR count). The van der Waals surface area contributed by atoms with Gasteiger partial charge < -0.3 is 15.4 Å². The minimum Gasteiger partial charge on any atom is -0.496 e. The summed E-state index contributed by atoms with van der Waals surface area (Å²) in [6.07, 6.45) is 0. The van der Waals surface area contributed by atoms with Crippen molar-refractivity contribution >= 4 is 27.5 Å². The van der Waals surface area contributed by atoms with Gasteiger partial charge in [-0.1, -0.05) is 6.07 Å². The molecule has 0 heterocycles. The first kappa shape index (κ1) is 18.5. The van der Waals surface area contributed by atoms with Crippen LogP contribution in [0.3, 0.4) is 0 Å². The summed E-state index contributed by atoms with van der Waals surface area (Å²) < 4.78 is 6.16. The Labute approximate surface area is 151 Å². The lowest BCUT2D eigenvalue weighted by Gasteiger charge is -2.13. The Morgan fingerprint density at radius 1 is 1.21 bits per heavy atom. The zero-order valence-electron chi connectivity index (χ0n) is 14.5. The van der Waals surface area contributed by atoms with Crippen molar-refractivity contribution in [1.82, 2.24) is 0 Å². The lowest BCUT2D eigenvalue weighted by atomic mass is 10.1. The SMILES string of the molecule is COc1ccc([C@@H](C)[NH2+]CC(=O)Nc2ccc(C)c(C)c2)cc1Br. The molecule has 1 atom stereocenters. The first-order chi connectivity index (χ1) is 11.4. The quantitative estimate of drug-likeness (QED) is 0.793. The molecule has 5 heteroatoms. The molecule has 24 heavy (non-hydrogen) atoms. The van der Waals surface area contributed by atoms with E-state index in [1.54, 1.807) is 7.11 Å². The second kappa shape index (κ2) is 8.31. The van der Waals surface area contributed by atoms with Gasteiger partial charge in [0, 0.05) is 11.3 Å². The molecule has 0 saturated carbocycles. The maximum atomic E-state index is 12.1. The molecule has 0 bridgehead atoms. The summed E-state index contributed by atoms with van der Waals surface area (Å²) in [5.41, 5.74) is 4.38. The summed E-state index contributed by atoms with van der Waals surface area (Å²) in [5, 5.41) is 4.97. The lowest BCUT2D eigenvalue weighted by Crippen LogP contribution is -2.86. The highest BCUT2D eigenvalue weighted by atomic mass is 79.9. The van der Waals surface area contributed by atoms with Crippen LogP contribution >= 0.6 is 15.9 Å². The number of halogens is 1. The smallest absolute Gasteiger partial charge is 0.279 e. The number of anilines is 1. The Kier molecular flexibility index (Phi) is 6.40. The van der Waals surface area contributed by atoms with Gasteiger partial charge in [-0.05, 0) is 78.2 Å². The molecule has 0 aromatic heterocycles. The van der Waals surface area contributed by atoms with Crippen LogP contribution in [0.4, 0.5) is 5.69 Å². The molecule has 0 saturated heterocycles. The molecule has 1 amide bonds. The minimum atomic E-state index is -0.00215. The van der Waals surface area contributed by atoms with E-state index in [9.17, 15) is 4.79 Å². The zero-order chi connectivity index (χ0) is 17.7. The summed E-state index contributed by atoms with van der Waals surface area (Å²) in [6.45, 7) is 6.55. The first-order valence-corrected chi connectivity index (χ1v) is 8.74. The summed E-state index contributed by atoms with van der Waals surface area (Å²) in [7, 11) is 1.65. The van der Waals surface area contributed by atoms with Crippen molar-refractivity contribution in [1.29, 1.82) is 0 Å². The topological polar surface area (TPSA) is 54.9 Å². The van der Waals surface area contributed by atoms with Crippen LogP contribution in [-0.2, 0) is 4.79 Å². The number of benzene rings is 2. The molecule has 0 aliphatic rings. The first-order valence-electron chi connectivity index (χ1n) is 7.94. The molecule has 0 fully saturated rings. The predicted molar refractivity (Wildman–Crippen MR) is 100 cm³/mol. The second-order valence-electron chi connectivity index (χ2n) is 5.97. The summed E-state index contributed by atoms with van der Waals surface area (Å²) >= 11 is 3.49. The number of amides is 1. The number of methoxy groups -OCH3 is 1. The molecule has 2 aromatic carbocycles. The number of nitrogens with two attached hydrogens (primary N) is 1. The number of hydrogen-bond donors (Lipinski definition) is 2. The number of rotatable bonds is 6. The number of carbonyl (C=O) groups excluding carboxylic acids is 1. The summed E-state index contributed by atoms with van der Waals surface area (Å²) in [6, 6.07) is 12.1. The molecular weight excluding hydrogens is 368 g/mol. The van der Waals surface area contributed by atoms with Gasteiger partial charge in [-0.2, -0.15) is 0 Å². The summed E-state index contributed by atoms with van der Waals surface area (Å²) in [4.78, 5) is 12.1. The lowest BCUT2D eigenvalue weighted by molar-refractivity contribution is -0.682. The molecule has 128 valence electrons. The highest BCUT2D eigenvalue weighted by molar-refractivity contribution is 9.10. The number of aryl methyl sites for hydroxylation is 2. The van der Waals surface area contributed by atoms with Crippen LogP contribution in [-0.4, -0.2) is 19.6 Å². The van der Waals surface area contributed by atoms with E-state index in [2.05, 4.69) is 35.1 Å². The third-order valence-electron chi connectivity index (χ3n) is 4.15. The van der Waals surface area contributed by atoms with Gasteiger partial charge in [0.2, 0.25) is 0 Å². The third-order valence-corrected chi connectivity index (χ3v) is 4.77. The van der Waals surface area contributed by atoms with E-state index >= 15 is 0 Å². The average molecular weight is 392 g/mol. The Morgan fingerprint density at radius 3 is 2.58 bits per heavy atom. The largest absolute Gasteiger partial charge is 0.496 e. The van der Waals surface area contributed by atoms with E-state index in [4.69, 9.17) is 4.74 Å². The van der Waals surface area contributed by atoms with E-state index in [-0.39, 0.29) is 11.9 Å². The third kappa shape index (κ3) is 4.82. The van der Waals surface area contributed by atoms with Gasteiger partial charge in [-0.3, -0.25) is 4.79 Å². The highest BCUT2D eigenvalue weighted by Gasteiger charge is 2.13. The van der Waals surface area contributed by atoms with Gasteiger partial charge in [-0.25, -0.2) is 0 Å². The molecule has 0 aliphatic carbocycles. The summed E-state index contributed by atoms with van der Waals surface area (Å²) in [5.74, 6) is 0.802. The van der Waals surface area contributed by atoms with Crippen LogP contribution in [0.15, 0.2) is 40.9 Å². The predicted octanol–water partition coefficient (Wildman–Crippen LogP) is 3.34. The van der Waals surface area contributed by atoms with Gasteiger partial charge in [0.1, 0.15) is 11.8 Å². The maximum absolute atomic E-state index is 12.1. The number of quaternary nitrogens is 1. The zero-order valence-corrected chi connectivity index (χ0v) is 16.1. The van der Waals surface area contributed by atoms with Gasteiger partial charge >= 0.3 is 0 Å². The van der Waals surface area contributed by atoms with Crippen LogP contribution in [0.1, 0.15) is 29.7 Å². The molecule has 0 aliphatic heterocycles. The monoisotopic (exact) mass is 391 g/mol. The van der Waals surface area contributed by atoms with Crippen LogP contribution in [0.2, 0.25) is 0 Å². The van der Waals surface area contributed by atoms with Crippen molar-refractivity contribution < 1.29 is 14.8 Å². The van der Waals surface area contributed by atoms with Crippen molar-refractivity contribution in [2.45, 2.75) is 26.8 Å². The number of hydrogen-bond acceptors (Lipinski definition) is 2. The highest BCUT2D eigenvalue weighted by Crippen LogP contribution is 2.27. The van der Waals surface area contributed by atoms with Crippen molar-refractivity contribution in [3.05, 3.63) is 57.6 Å². The van der Waals surface area contributed by atoms with E-state index < -0.39 is 0 Å². The number of carbonyl (C=O) groups is 1. The Balaban J connectivity index is 1.90. The molecule has 0 unspecified atom stereocenters. The van der Waals surface area contributed by atoms with Crippen LogP contribution in [0, 0.1) is 13.8 Å². The Bertz CT molecular complexity index is 731. The fourth-order valence-corrected chi connectivity index (χ4v) is 2.98. The maximum Gasteiger partial charge on any atom is 0.279 e. The fraction of sp³-hybridized carbons (Fsp3) is 0.316. The number of nitrogens with one attached hydrogen (secondary N) is 1. The second-order valence-corrected chi connectivity index (χ2v) is 6.82. The van der Waals surface area contributed by atoms with Crippen molar-refractivity contribution in [3.8, 4) is 5.75 Å². The van der Waals surface area contributed by atoms with Crippen LogP contribution < -0.4 is 15.4 Å². The van der Waals surface area contributed by atoms with Crippen molar-refractivity contribution in [2.75, 3.05) is 19.0 Å². The molecule has 4 nitrogen and oxygen atoms in total. The Morgan fingerprint density at radius 2 is 1.96 bits per heavy atom. The van der Waals surface area contributed by atoms with Gasteiger partial charge in [-0.15, -0.1) is 0 Å². The van der Waals surface area contributed by atoms with E-state index in [0.29, 0.717) is 6.54 Å². The molecule has 0 radical (unpaired) electrons. The normalized spacial score (nSPS) is 11.9. The minimum absolute atomic E-state index is 0.00215. The Hall–Kier alpha value is -1.85. The van der Waals surface area contributed by atoms with Gasteiger partial charge in [0.05, 0.1) is 11.6 Å². The van der Waals surface area contributed by atoms with Gasteiger partial charge in [0.25, 0.3) is 5.91 Å². The van der Waals surface area contributed by atoms with Crippen LogP contribution in [0.25, 0.3) is 0 Å². The molecule has 0 spiro atoms. The van der Waals surface area contributed by atoms with E-state index in [1.807, 2.05) is 48.6 Å². The van der Waals surface area contributed by atoms with Gasteiger partial charge in [0.15, 0.2) is 6.54 Å². The van der Waals surface area contributed by atoms with E-state index in [0.717, 1.165) is 21.5 Å². The number of ether oxygens (including phenoxy) is 1. The molecular formula is C19H24BrN2O2+. The van der Waals surface area contributed by atoms with Crippen molar-refractivity contribution in [2.24, 2.45) is 0 Å². The molecule has 2 aromatic rings. The average Bonchev–Trinajstić information content (AvgIpc) is 2.56.